The molecule has 0 heterocycles. The van der Waals surface area contributed by atoms with Crippen LogP contribution in [0.15, 0.2) is 42.0 Å². The molecule has 84 valence electrons. The van der Waals surface area contributed by atoms with E-state index in [1.807, 2.05) is 30.3 Å². The second-order valence-corrected chi connectivity index (χ2v) is 6.44. The quantitative estimate of drug-likeness (QED) is 0.611. The van der Waals surface area contributed by atoms with Gasteiger partial charge >= 0.3 is 103 Å². The van der Waals surface area contributed by atoms with Gasteiger partial charge in [0.1, 0.15) is 0 Å². The van der Waals surface area contributed by atoms with Gasteiger partial charge in [0.15, 0.2) is 0 Å². The van der Waals surface area contributed by atoms with Gasteiger partial charge in [-0.05, 0) is 0 Å². The van der Waals surface area contributed by atoms with E-state index in [4.69, 9.17) is 0 Å². The van der Waals surface area contributed by atoms with Gasteiger partial charge in [-0.3, -0.25) is 0 Å². The van der Waals surface area contributed by atoms with Crippen LogP contribution in [0.3, 0.4) is 0 Å². The van der Waals surface area contributed by atoms with Crippen molar-refractivity contribution in [3.8, 4) is 0 Å². The number of carbonyl (C=O) groups excluding carboxylic acids is 1. The summed E-state index contributed by atoms with van der Waals surface area (Å²) in [5.41, 5.74) is 1.37. The summed E-state index contributed by atoms with van der Waals surface area (Å²) < 4.78 is 1.60. The molecular weight excluding hydrogens is 263 g/mol. The van der Waals surface area contributed by atoms with Gasteiger partial charge in [-0.1, -0.05) is 0 Å². The van der Waals surface area contributed by atoms with E-state index >= 15 is 0 Å². The van der Waals surface area contributed by atoms with Crippen LogP contribution in [0, 0.1) is 0 Å². The zero-order valence-corrected chi connectivity index (χ0v) is 11.0. The monoisotopic (exact) mass is 280 g/mol. The van der Waals surface area contributed by atoms with Crippen LogP contribution in [0.1, 0.15) is 32.1 Å². The van der Waals surface area contributed by atoms with E-state index in [2.05, 4.69) is 6.08 Å². The molecule has 1 aliphatic rings. The van der Waals surface area contributed by atoms with Crippen molar-refractivity contribution >= 4 is 24.1 Å². The Hall–Kier alpha value is -0.851. The van der Waals surface area contributed by atoms with Crippen molar-refractivity contribution in [3.63, 3.8) is 0 Å². The van der Waals surface area contributed by atoms with Gasteiger partial charge in [-0.15, -0.1) is 0 Å². The molecule has 1 aromatic rings. The number of allylic oxidation sites excluding steroid dienone is 2. The number of benzene rings is 1. The van der Waals surface area contributed by atoms with E-state index < -0.39 is 0 Å². The summed E-state index contributed by atoms with van der Waals surface area (Å²) in [6.45, 7) is 0. The third-order valence-electron chi connectivity index (χ3n) is 2.73. The number of carbonyl (C=O) groups is 1. The molecule has 1 nitrogen and oxygen atoms in total. The molecule has 0 radical (unpaired) electrons. The number of hydrogen-bond donors (Lipinski definition) is 0. The Labute approximate surface area is 103 Å². The van der Waals surface area contributed by atoms with Crippen molar-refractivity contribution in [2.75, 3.05) is 0 Å². The first-order chi connectivity index (χ1) is 7.84. The predicted octanol–water partition coefficient (Wildman–Crippen LogP) is 2.43. The van der Waals surface area contributed by atoms with E-state index in [-0.39, 0.29) is 15.0 Å². The summed E-state index contributed by atoms with van der Waals surface area (Å²) in [6.07, 6.45) is 7.81. The summed E-state index contributed by atoms with van der Waals surface area (Å²) in [6, 6.07) is 10.1. The molecule has 0 amide bonds. The standard InChI is InChI=1S/C14H16OSe/c15-14(11-12-7-3-1-4-8-12)16-13-9-5-2-6-10-13/h2,5-7,9-10H,1,3-4,8,11H2. The maximum atomic E-state index is 11.9. The molecule has 0 spiro atoms. The van der Waals surface area contributed by atoms with Crippen LogP contribution in [-0.2, 0) is 4.79 Å². The van der Waals surface area contributed by atoms with Crippen LogP contribution in [0.4, 0.5) is 0 Å². The zero-order chi connectivity index (χ0) is 11.2. The third-order valence-corrected chi connectivity index (χ3v) is 4.58. The number of hydrogen-bond acceptors (Lipinski definition) is 1. The average molecular weight is 279 g/mol. The summed E-state index contributed by atoms with van der Waals surface area (Å²) >= 11 is -0.000449. The van der Waals surface area contributed by atoms with Crippen LogP contribution in [-0.4, -0.2) is 19.6 Å². The van der Waals surface area contributed by atoms with Gasteiger partial charge in [0.2, 0.25) is 0 Å². The SMILES string of the molecule is O=C(CC1=CCCCC1)[Se]c1ccccc1. The fraction of sp³-hybridized carbons (Fsp3) is 0.357. The molecule has 0 atom stereocenters. The molecule has 0 N–H and O–H groups in total. The molecular formula is C14H16OSe. The maximum absolute atomic E-state index is 11.9. The molecule has 0 saturated heterocycles. The van der Waals surface area contributed by atoms with Gasteiger partial charge in [-0.25, -0.2) is 0 Å². The first-order valence-electron chi connectivity index (χ1n) is 5.78. The van der Waals surface area contributed by atoms with Crippen LogP contribution in [0.25, 0.3) is 0 Å². The van der Waals surface area contributed by atoms with Gasteiger partial charge in [0.25, 0.3) is 0 Å². The first-order valence-corrected chi connectivity index (χ1v) is 7.49. The Bertz CT molecular complexity index is 381. The predicted molar refractivity (Wildman–Crippen MR) is 68.0 cm³/mol. The molecule has 0 bridgehead atoms. The van der Waals surface area contributed by atoms with Crippen LogP contribution >= 0.6 is 0 Å². The molecule has 0 fully saturated rings. The molecule has 0 saturated carbocycles. The zero-order valence-electron chi connectivity index (χ0n) is 9.32. The van der Waals surface area contributed by atoms with E-state index in [1.54, 1.807) is 0 Å². The molecule has 2 rings (SSSR count). The van der Waals surface area contributed by atoms with Gasteiger partial charge in [0, 0.05) is 0 Å². The molecule has 1 aliphatic carbocycles. The topological polar surface area (TPSA) is 17.1 Å². The molecule has 0 unspecified atom stereocenters. The molecule has 1 aromatic carbocycles. The summed E-state index contributed by atoms with van der Waals surface area (Å²) in [4.78, 5) is 11.9. The van der Waals surface area contributed by atoms with Crippen LogP contribution in [0.2, 0.25) is 0 Å². The van der Waals surface area contributed by atoms with Crippen molar-refractivity contribution in [2.45, 2.75) is 32.1 Å². The van der Waals surface area contributed by atoms with Gasteiger partial charge in [-0.2, -0.15) is 0 Å². The number of rotatable bonds is 4. The average Bonchev–Trinajstić information content (AvgIpc) is 2.31. The Morgan fingerprint density at radius 2 is 2.00 bits per heavy atom. The Morgan fingerprint density at radius 3 is 2.69 bits per heavy atom. The van der Waals surface area contributed by atoms with Gasteiger partial charge < -0.3 is 0 Å². The third kappa shape index (κ3) is 3.62. The van der Waals surface area contributed by atoms with E-state index in [1.165, 1.54) is 29.3 Å². The minimum atomic E-state index is -0.000449. The van der Waals surface area contributed by atoms with Crippen LogP contribution < -0.4 is 4.46 Å². The Balaban J connectivity index is 1.87. The summed E-state index contributed by atoms with van der Waals surface area (Å²) in [5.74, 6) is 0. The Morgan fingerprint density at radius 1 is 1.19 bits per heavy atom. The van der Waals surface area contributed by atoms with E-state index in [0.29, 0.717) is 11.1 Å². The fourth-order valence-electron chi connectivity index (χ4n) is 1.91. The molecule has 2 heteroatoms. The van der Waals surface area contributed by atoms with Crippen molar-refractivity contribution in [3.05, 3.63) is 42.0 Å². The fourth-order valence-corrected chi connectivity index (χ4v) is 3.61. The first kappa shape index (κ1) is 11.6. The van der Waals surface area contributed by atoms with Crippen molar-refractivity contribution < 1.29 is 4.79 Å². The summed E-state index contributed by atoms with van der Waals surface area (Å²) in [7, 11) is 0. The normalized spacial score (nSPS) is 15.6. The molecule has 0 aromatic heterocycles. The van der Waals surface area contributed by atoms with Crippen molar-refractivity contribution in [1.29, 1.82) is 0 Å². The van der Waals surface area contributed by atoms with Crippen molar-refractivity contribution in [1.82, 2.24) is 0 Å². The summed E-state index contributed by atoms with van der Waals surface area (Å²) in [5, 5.41) is 0. The van der Waals surface area contributed by atoms with E-state index in [9.17, 15) is 4.79 Å². The second kappa shape index (κ2) is 6.03. The van der Waals surface area contributed by atoms with Gasteiger partial charge in [0.05, 0.1) is 0 Å². The van der Waals surface area contributed by atoms with Crippen LogP contribution in [0.5, 0.6) is 0 Å². The Kier molecular flexibility index (Phi) is 4.38. The van der Waals surface area contributed by atoms with Crippen molar-refractivity contribution in [2.24, 2.45) is 0 Å². The second-order valence-electron chi connectivity index (χ2n) is 4.07. The minimum absolute atomic E-state index is 0.000449. The molecule has 0 aliphatic heterocycles. The molecule has 16 heavy (non-hydrogen) atoms. The van der Waals surface area contributed by atoms with E-state index in [0.717, 1.165) is 6.42 Å².